The predicted molar refractivity (Wildman–Crippen MR) is 114 cm³/mol. The van der Waals surface area contributed by atoms with E-state index in [9.17, 15) is 0 Å². The van der Waals surface area contributed by atoms with Gasteiger partial charge in [-0.1, -0.05) is 46.9 Å². The molecule has 0 saturated heterocycles. The average molecular weight is 443 g/mol. The third-order valence-electron chi connectivity index (χ3n) is 3.93. The molecule has 7 heteroatoms. The Bertz CT molecular complexity index is 900. The van der Waals surface area contributed by atoms with Crippen LogP contribution in [-0.2, 0) is 19.7 Å². The molecule has 0 fully saturated rings. The van der Waals surface area contributed by atoms with Gasteiger partial charge >= 0.3 is 0 Å². The molecular weight excluding hydrogens is 425 g/mol. The number of halogens is 3. The van der Waals surface area contributed by atoms with Crippen LogP contribution in [0.3, 0.4) is 0 Å². The van der Waals surface area contributed by atoms with Crippen LogP contribution in [0.1, 0.15) is 16.0 Å². The Morgan fingerprint density at radius 3 is 2.44 bits per heavy atom. The van der Waals surface area contributed by atoms with Gasteiger partial charge in [-0.3, -0.25) is 0 Å². The number of nitrogens with one attached hydrogen (secondary N) is 1. The highest BCUT2D eigenvalue weighted by atomic mass is 35.5. The van der Waals surface area contributed by atoms with Gasteiger partial charge in [-0.25, -0.2) is 0 Å². The fourth-order valence-electron chi connectivity index (χ4n) is 2.51. The van der Waals surface area contributed by atoms with Crippen LogP contribution in [0.2, 0.25) is 15.1 Å². The first-order chi connectivity index (χ1) is 13.1. The van der Waals surface area contributed by atoms with Crippen molar-refractivity contribution in [3.8, 4) is 11.5 Å². The molecule has 0 aliphatic heterocycles. The summed E-state index contributed by atoms with van der Waals surface area (Å²) in [4.78, 5) is 1.28. The first-order valence-corrected chi connectivity index (χ1v) is 10.2. The monoisotopic (exact) mass is 441 g/mol. The summed E-state index contributed by atoms with van der Waals surface area (Å²) in [6, 6.07) is 13.1. The Kier molecular flexibility index (Phi) is 7.27. The zero-order chi connectivity index (χ0) is 19.2. The van der Waals surface area contributed by atoms with E-state index in [1.54, 1.807) is 36.6 Å². The van der Waals surface area contributed by atoms with Crippen molar-refractivity contribution < 1.29 is 9.47 Å². The van der Waals surface area contributed by atoms with Crippen molar-refractivity contribution >= 4 is 46.1 Å². The molecule has 1 aromatic heterocycles. The van der Waals surface area contributed by atoms with E-state index in [0.29, 0.717) is 39.7 Å². The molecule has 1 N–H and O–H groups in total. The van der Waals surface area contributed by atoms with Crippen molar-refractivity contribution in [2.24, 2.45) is 0 Å². The van der Waals surface area contributed by atoms with Gasteiger partial charge in [-0.2, -0.15) is 0 Å². The normalized spacial score (nSPS) is 10.8. The number of rotatable bonds is 8. The second-order valence-electron chi connectivity index (χ2n) is 5.80. The number of ether oxygens (including phenoxy) is 2. The zero-order valence-corrected chi connectivity index (χ0v) is 17.7. The molecule has 0 unspecified atom stereocenters. The predicted octanol–water partition coefficient (Wildman–Crippen LogP) is 6.59. The molecule has 27 heavy (non-hydrogen) atoms. The molecular formula is C20H18Cl3NO2S. The molecule has 3 aromatic rings. The van der Waals surface area contributed by atoms with Crippen molar-refractivity contribution in [1.29, 1.82) is 0 Å². The molecule has 0 spiro atoms. The maximum absolute atomic E-state index is 6.44. The summed E-state index contributed by atoms with van der Waals surface area (Å²) in [5.74, 6) is 1.19. The maximum Gasteiger partial charge on any atom is 0.163 e. The number of benzene rings is 2. The number of methoxy groups -OCH3 is 1. The highest BCUT2D eigenvalue weighted by Crippen LogP contribution is 2.34. The molecule has 0 atom stereocenters. The fraction of sp³-hybridized carbons (Fsp3) is 0.200. The summed E-state index contributed by atoms with van der Waals surface area (Å²) in [5.41, 5.74) is 1.78. The van der Waals surface area contributed by atoms with Crippen LogP contribution >= 0.6 is 46.1 Å². The van der Waals surface area contributed by atoms with Crippen molar-refractivity contribution in [1.82, 2.24) is 5.32 Å². The zero-order valence-electron chi connectivity index (χ0n) is 14.6. The molecule has 0 saturated carbocycles. The summed E-state index contributed by atoms with van der Waals surface area (Å²) in [5, 5.41) is 7.21. The molecule has 142 valence electrons. The standard InChI is InChI=1S/C20H18Cl3NO2S/c1-25-19-7-14(10-24-11-16-3-2-6-27-16)18(23)9-20(19)26-12-13-4-5-15(21)8-17(13)22/h2-9,24H,10-12H2,1H3. The summed E-state index contributed by atoms with van der Waals surface area (Å²) >= 11 is 20.3. The number of thiophene rings is 1. The molecule has 3 nitrogen and oxygen atoms in total. The third kappa shape index (κ3) is 5.53. The highest BCUT2D eigenvalue weighted by molar-refractivity contribution is 7.09. The quantitative estimate of drug-likeness (QED) is 0.427. The second kappa shape index (κ2) is 9.67. The minimum absolute atomic E-state index is 0.290. The van der Waals surface area contributed by atoms with E-state index >= 15 is 0 Å². The lowest BCUT2D eigenvalue weighted by atomic mass is 10.2. The third-order valence-corrected chi connectivity index (χ3v) is 5.74. The first kappa shape index (κ1) is 20.3. The summed E-state index contributed by atoms with van der Waals surface area (Å²) < 4.78 is 11.3. The molecule has 3 rings (SSSR count). The summed E-state index contributed by atoms with van der Waals surface area (Å²) in [6.07, 6.45) is 0. The highest BCUT2D eigenvalue weighted by Gasteiger charge is 2.12. The Morgan fingerprint density at radius 1 is 0.926 bits per heavy atom. The molecule has 0 amide bonds. The van der Waals surface area contributed by atoms with E-state index in [2.05, 4.69) is 16.8 Å². The van der Waals surface area contributed by atoms with Gasteiger partial charge in [0.2, 0.25) is 0 Å². The Labute approximate surface area is 177 Å². The Morgan fingerprint density at radius 2 is 1.74 bits per heavy atom. The Hall–Kier alpha value is -1.43. The van der Waals surface area contributed by atoms with Crippen LogP contribution in [-0.4, -0.2) is 7.11 Å². The van der Waals surface area contributed by atoms with Crippen LogP contribution in [0.5, 0.6) is 11.5 Å². The lowest BCUT2D eigenvalue weighted by molar-refractivity contribution is 0.284. The van der Waals surface area contributed by atoms with Crippen molar-refractivity contribution in [2.45, 2.75) is 19.7 Å². The van der Waals surface area contributed by atoms with Gasteiger partial charge < -0.3 is 14.8 Å². The minimum Gasteiger partial charge on any atom is -0.493 e. The van der Waals surface area contributed by atoms with Crippen LogP contribution in [0.25, 0.3) is 0 Å². The van der Waals surface area contributed by atoms with E-state index in [0.717, 1.165) is 17.7 Å². The van der Waals surface area contributed by atoms with Crippen LogP contribution in [0.15, 0.2) is 47.8 Å². The van der Waals surface area contributed by atoms with Crippen molar-refractivity contribution in [2.75, 3.05) is 7.11 Å². The average Bonchev–Trinajstić information content (AvgIpc) is 3.16. The van der Waals surface area contributed by atoms with Crippen molar-refractivity contribution in [3.63, 3.8) is 0 Å². The van der Waals surface area contributed by atoms with E-state index in [1.165, 1.54) is 4.88 Å². The SMILES string of the molecule is COc1cc(CNCc2cccs2)c(Cl)cc1OCc1ccc(Cl)cc1Cl. The smallest absolute Gasteiger partial charge is 0.163 e. The topological polar surface area (TPSA) is 30.5 Å². The van der Waals surface area contributed by atoms with Crippen LogP contribution in [0, 0.1) is 0 Å². The first-order valence-electron chi connectivity index (χ1n) is 8.23. The van der Waals surface area contributed by atoms with Gasteiger partial charge in [0.05, 0.1) is 7.11 Å². The number of hydrogen-bond donors (Lipinski definition) is 1. The van der Waals surface area contributed by atoms with Crippen LogP contribution < -0.4 is 14.8 Å². The largest absolute Gasteiger partial charge is 0.493 e. The van der Waals surface area contributed by atoms with E-state index in [1.807, 2.05) is 18.2 Å². The molecule has 2 aromatic carbocycles. The van der Waals surface area contributed by atoms with Gasteiger partial charge in [0.1, 0.15) is 6.61 Å². The van der Waals surface area contributed by atoms with E-state index in [-0.39, 0.29) is 0 Å². The summed E-state index contributed by atoms with van der Waals surface area (Å²) in [6.45, 7) is 1.72. The lowest BCUT2D eigenvalue weighted by Crippen LogP contribution is -2.12. The van der Waals surface area contributed by atoms with Crippen molar-refractivity contribution in [3.05, 3.63) is 78.9 Å². The molecule has 0 aliphatic rings. The van der Waals surface area contributed by atoms with Crippen LogP contribution in [0.4, 0.5) is 0 Å². The lowest BCUT2D eigenvalue weighted by Gasteiger charge is -2.15. The molecule has 0 aliphatic carbocycles. The fourth-order valence-corrected chi connectivity index (χ4v) is 3.87. The molecule has 0 radical (unpaired) electrons. The number of hydrogen-bond acceptors (Lipinski definition) is 4. The maximum atomic E-state index is 6.44. The van der Waals surface area contributed by atoms with Gasteiger partial charge in [-0.15, -0.1) is 11.3 Å². The van der Waals surface area contributed by atoms with E-state index in [4.69, 9.17) is 44.3 Å². The van der Waals surface area contributed by atoms with Gasteiger partial charge in [-0.05, 0) is 35.2 Å². The van der Waals surface area contributed by atoms with E-state index < -0.39 is 0 Å². The Balaban J connectivity index is 1.67. The van der Waals surface area contributed by atoms with Gasteiger partial charge in [0, 0.05) is 44.7 Å². The van der Waals surface area contributed by atoms with Gasteiger partial charge in [0.15, 0.2) is 11.5 Å². The minimum atomic E-state index is 0.290. The summed E-state index contributed by atoms with van der Waals surface area (Å²) in [7, 11) is 1.61. The van der Waals surface area contributed by atoms with Gasteiger partial charge in [0.25, 0.3) is 0 Å². The second-order valence-corrected chi connectivity index (χ2v) is 8.08. The molecule has 1 heterocycles. The molecule has 0 bridgehead atoms.